The van der Waals surface area contributed by atoms with Crippen molar-refractivity contribution >= 4 is 0 Å². The number of nitrogens with one attached hydrogen (secondary N) is 1. The number of hydrogen-bond acceptors (Lipinski definition) is 4. The summed E-state index contributed by atoms with van der Waals surface area (Å²) in [5.41, 5.74) is 2.23. The summed E-state index contributed by atoms with van der Waals surface area (Å²) in [4.78, 5) is 0. The summed E-state index contributed by atoms with van der Waals surface area (Å²) < 4.78 is 16.9. The van der Waals surface area contributed by atoms with Crippen molar-refractivity contribution in [2.24, 2.45) is 0 Å². The van der Waals surface area contributed by atoms with Crippen LogP contribution in [0.1, 0.15) is 25.0 Å². The van der Waals surface area contributed by atoms with Gasteiger partial charge in [-0.15, -0.1) is 0 Å². The lowest BCUT2D eigenvalue weighted by Crippen LogP contribution is -2.25. The van der Waals surface area contributed by atoms with Gasteiger partial charge in [0.1, 0.15) is 12.2 Å². The third kappa shape index (κ3) is 3.39. The van der Waals surface area contributed by atoms with Crippen molar-refractivity contribution in [3.8, 4) is 11.5 Å². The van der Waals surface area contributed by atoms with E-state index < -0.39 is 0 Å². The molecule has 1 aliphatic rings. The number of furan rings is 1. The van der Waals surface area contributed by atoms with Crippen LogP contribution in [0, 0.1) is 0 Å². The monoisotopic (exact) mass is 287 g/mol. The van der Waals surface area contributed by atoms with Gasteiger partial charge >= 0.3 is 0 Å². The van der Waals surface area contributed by atoms with Gasteiger partial charge < -0.3 is 19.2 Å². The van der Waals surface area contributed by atoms with E-state index in [0.717, 1.165) is 36.6 Å². The molecule has 0 saturated heterocycles. The molecule has 3 rings (SSSR count). The van der Waals surface area contributed by atoms with Gasteiger partial charge in [-0.3, -0.25) is 0 Å². The van der Waals surface area contributed by atoms with E-state index >= 15 is 0 Å². The first-order valence-corrected chi connectivity index (χ1v) is 7.29. The number of benzene rings is 1. The van der Waals surface area contributed by atoms with Crippen LogP contribution in [-0.4, -0.2) is 18.8 Å². The van der Waals surface area contributed by atoms with Gasteiger partial charge in [-0.25, -0.2) is 0 Å². The fraction of sp³-hybridized carbons (Fsp3) is 0.412. The van der Waals surface area contributed by atoms with E-state index in [1.165, 1.54) is 5.56 Å². The second kappa shape index (κ2) is 5.82. The molecule has 2 heterocycles. The Hall–Kier alpha value is -1.94. The lowest BCUT2D eigenvalue weighted by Gasteiger charge is -2.18. The predicted octanol–water partition coefficient (Wildman–Crippen LogP) is 3.16. The normalized spacial score (nSPS) is 15.5. The van der Waals surface area contributed by atoms with E-state index in [1.807, 2.05) is 18.2 Å². The third-order valence-electron chi connectivity index (χ3n) is 3.50. The Kier molecular flexibility index (Phi) is 3.88. The molecule has 0 unspecified atom stereocenters. The number of rotatable bonds is 6. The third-order valence-corrected chi connectivity index (χ3v) is 3.50. The van der Waals surface area contributed by atoms with Crippen LogP contribution in [0.25, 0.3) is 0 Å². The second-order valence-electron chi connectivity index (χ2n) is 5.94. The van der Waals surface area contributed by atoms with Crippen molar-refractivity contribution in [1.29, 1.82) is 0 Å². The van der Waals surface area contributed by atoms with Gasteiger partial charge in [-0.05, 0) is 26.0 Å². The fourth-order valence-electron chi connectivity index (χ4n) is 2.56. The van der Waals surface area contributed by atoms with Crippen LogP contribution in [-0.2, 0) is 13.0 Å². The summed E-state index contributed by atoms with van der Waals surface area (Å²) in [6.07, 6.45) is 4.35. The Labute approximate surface area is 125 Å². The van der Waals surface area contributed by atoms with E-state index in [0.29, 0.717) is 6.61 Å². The zero-order valence-corrected chi connectivity index (χ0v) is 12.5. The molecule has 112 valence electrons. The second-order valence-corrected chi connectivity index (χ2v) is 5.94. The van der Waals surface area contributed by atoms with Gasteiger partial charge in [0.15, 0.2) is 11.5 Å². The van der Waals surface area contributed by atoms with Gasteiger partial charge in [-0.2, -0.15) is 0 Å². The van der Waals surface area contributed by atoms with Crippen molar-refractivity contribution < 1.29 is 13.9 Å². The topological polar surface area (TPSA) is 43.6 Å². The number of hydrogen-bond donors (Lipinski definition) is 1. The molecule has 4 nitrogen and oxygen atoms in total. The quantitative estimate of drug-likeness (QED) is 0.829. The van der Waals surface area contributed by atoms with Crippen LogP contribution < -0.4 is 14.8 Å². The maximum absolute atomic E-state index is 5.98. The maximum atomic E-state index is 5.98. The van der Waals surface area contributed by atoms with Gasteiger partial charge in [0.2, 0.25) is 0 Å². The van der Waals surface area contributed by atoms with Crippen molar-refractivity contribution in [3.05, 3.63) is 47.9 Å². The summed E-state index contributed by atoms with van der Waals surface area (Å²) in [6.45, 7) is 6.37. The average Bonchev–Trinajstić information content (AvgIpc) is 3.04. The summed E-state index contributed by atoms with van der Waals surface area (Å²) in [5.74, 6) is 1.74. The zero-order valence-electron chi connectivity index (χ0n) is 12.5. The summed E-state index contributed by atoms with van der Waals surface area (Å²) in [7, 11) is 0. The molecule has 4 heteroatoms. The molecular weight excluding hydrogens is 266 g/mol. The van der Waals surface area contributed by atoms with Crippen LogP contribution in [0.15, 0.2) is 41.2 Å². The molecule has 1 aromatic carbocycles. The molecule has 0 spiro atoms. The Balaban J connectivity index is 1.49. The minimum Gasteiger partial charge on any atom is -0.488 e. The highest BCUT2D eigenvalue weighted by Crippen LogP contribution is 2.41. The molecule has 0 bridgehead atoms. The average molecular weight is 287 g/mol. The van der Waals surface area contributed by atoms with Crippen LogP contribution >= 0.6 is 0 Å². The molecule has 1 aromatic heterocycles. The molecule has 0 aliphatic carbocycles. The smallest absolute Gasteiger partial charge is 0.165 e. The van der Waals surface area contributed by atoms with Crippen molar-refractivity contribution in [3.63, 3.8) is 0 Å². The SMILES string of the molecule is CC1(C)Cc2cccc(OCCNCc3ccoc3)c2O1. The standard InChI is InChI=1S/C17H21NO3/c1-17(2)10-14-4-3-5-15(16(14)21-17)20-9-7-18-11-13-6-8-19-12-13/h3-6,8,12,18H,7,9-11H2,1-2H3. The molecular formula is C17H21NO3. The molecule has 1 N–H and O–H groups in total. The van der Waals surface area contributed by atoms with Crippen LogP contribution in [0.3, 0.4) is 0 Å². The maximum Gasteiger partial charge on any atom is 0.165 e. The number of ether oxygens (including phenoxy) is 2. The summed E-state index contributed by atoms with van der Waals surface area (Å²) in [5, 5.41) is 3.32. The first kappa shape index (κ1) is 14.0. The lowest BCUT2D eigenvalue weighted by molar-refractivity contribution is 0.132. The van der Waals surface area contributed by atoms with Crippen LogP contribution in [0.4, 0.5) is 0 Å². The number of para-hydroxylation sites is 1. The first-order valence-electron chi connectivity index (χ1n) is 7.29. The predicted molar refractivity (Wildman–Crippen MR) is 80.8 cm³/mol. The molecule has 0 amide bonds. The Morgan fingerprint density at radius 2 is 2.19 bits per heavy atom. The molecule has 0 atom stereocenters. The fourth-order valence-corrected chi connectivity index (χ4v) is 2.56. The van der Waals surface area contributed by atoms with E-state index in [4.69, 9.17) is 13.9 Å². The zero-order chi connectivity index (χ0) is 14.7. The van der Waals surface area contributed by atoms with Crippen LogP contribution in [0.5, 0.6) is 11.5 Å². The van der Waals surface area contributed by atoms with Crippen molar-refractivity contribution in [2.75, 3.05) is 13.2 Å². The summed E-state index contributed by atoms with van der Waals surface area (Å²) >= 11 is 0. The Morgan fingerprint density at radius 3 is 3.00 bits per heavy atom. The van der Waals surface area contributed by atoms with E-state index in [2.05, 4.69) is 25.2 Å². The Bertz CT molecular complexity index is 590. The largest absolute Gasteiger partial charge is 0.488 e. The van der Waals surface area contributed by atoms with Gasteiger partial charge in [0.05, 0.1) is 12.5 Å². The summed E-state index contributed by atoms with van der Waals surface area (Å²) in [6, 6.07) is 8.05. The van der Waals surface area contributed by atoms with Crippen LogP contribution in [0.2, 0.25) is 0 Å². The van der Waals surface area contributed by atoms with E-state index in [1.54, 1.807) is 12.5 Å². The van der Waals surface area contributed by atoms with Crippen molar-refractivity contribution in [2.45, 2.75) is 32.4 Å². The van der Waals surface area contributed by atoms with E-state index in [-0.39, 0.29) is 5.60 Å². The van der Waals surface area contributed by atoms with Gasteiger partial charge in [0, 0.05) is 30.6 Å². The highest BCUT2D eigenvalue weighted by molar-refractivity contribution is 5.50. The highest BCUT2D eigenvalue weighted by Gasteiger charge is 2.32. The van der Waals surface area contributed by atoms with Crippen molar-refractivity contribution in [1.82, 2.24) is 5.32 Å². The molecule has 2 aromatic rings. The Morgan fingerprint density at radius 1 is 1.29 bits per heavy atom. The molecule has 1 aliphatic heterocycles. The number of fused-ring (bicyclic) bond motifs is 1. The molecule has 0 saturated carbocycles. The first-order chi connectivity index (χ1) is 10.1. The highest BCUT2D eigenvalue weighted by atomic mass is 16.5. The van der Waals surface area contributed by atoms with Gasteiger partial charge in [-0.1, -0.05) is 12.1 Å². The lowest BCUT2D eigenvalue weighted by atomic mass is 10.0. The van der Waals surface area contributed by atoms with E-state index in [9.17, 15) is 0 Å². The minimum absolute atomic E-state index is 0.138. The molecule has 0 fully saturated rings. The van der Waals surface area contributed by atoms with Gasteiger partial charge in [0.25, 0.3) is 0 Å². The molecule has 0 radical (unpaired) electrons. The molecule has 21 heavy (non-hydrogen) atoms. The minimum atomic E-state index is -0.138.